The van der Waals surface area contributed by atoms with Crippen molar-refractivity contribution in [1.82, 2.24) is 16.0 Å². The quantitative estimate of drug-likeness (QED) is 0.218. The molecule has 0 radical (unpaired) electrons. The van der Waals surface area contributed by atoms with Crippen LogP contribution in [0.5, 0.6) is 0 Å². The SMILES string of the molecule is C[C@H](NC(=O)[C@@H](N)CCCCN)C(=O)N[C@@H](Cc1ccccc1)C(=O)NCC(=O)O. The Labute approximate surface area is 175 Å². The first-order valence-corrected chi connectivity index (χ1v) is 9.84. The molecule has 3 atom stereocenters. The van der Waals surface area contributed by atoms with E-state index >= 15 is 0 Å². The summed E-state index contributed by atoms with van der Waals surface area (Å²) in [6.07, 6.45) is 2.07. The molecule has 0 aliphatic heterocycles. The average molecular weight is 421 g/mol. The number of amides is 3. The second kappa shape index (κ2) is 13.3. The Hall–Kier alpha value is -2.98. The second-order valence-corrected chi connectivity index (χ2v) is 6.98. The molecule has 166 valence electrons. The van der Waals surface area contributed by atoms with Crippen molar-refractivity contribution >= 4 is 23.7 Å². The molecule has 0 aliphatic rings. The summed E-state index contributed by atoms with van der Waals surface area (Å²) in [5, 5.41) is 16.1. The van der Waals surface area contributed by atoms with Crippen LogP contribution in [0.15, 0.2) is 30.3 Å². The van der Waals surface area contributed by atoms with Crippen molar-refractivity contribution in [1.29, 1.82) is 0 Å². The molecule has 0 aromatic heterocycles. The molecule has 0 aliphatic carbocycles. The fourth-order valence-electron chi connectivity index (χ4n) is 2.67. The predicted molar refractivity (Wildman–Crippen MR) is 111 cm³/mol. The van der Waals surface area contributed by atoms with E-state index in [-0.39, 0.29) is 6.42 Å². The number of aliphatic carboxylic acids is 1. The van der Waals surface area contributed by atoms with Crippen LogP contribution in [0.4, 0.5) is 0 Å². The highest BCUT2D eigenvalue weighted by molar-refractivity contribution is 5.93. The standard InChI is InChI=1S/C20H31N5O5/c1-13(24-19(29)15(22)9-5-6-10-21)18(28)25-16(20(30)23-12-17(26)27)11-14-7-3-2-4-8-14/h2-4,7-8,13,15-16H,5-6,9-12,21-22H2,1H3,(H,23,30)(H,24,29)(H,25,28)(H,26,27)/t13-,15-,16-/m0/s1. The van der Waals surface area contributed by atoms with Crippen molar-refractivity contribution in [2.24, 2.45) is 11.5 Å². The minimum absolute atomic E-state index is 0.164. The molecule has 0 saturated carbocycles. The minimum atomic E-state index is -1.20. The number of hydrogen-bond donors (Lipinski definition) is 6. The summed E-state index contributed by atoms with van der Waals surface area (Å²) in [4.78, 5) is 47.8. The van der Waals surface area contributed by atoms with Gasteiger partial charge >= 0.3 is 5.97 Å². The zero-order chi connectivity index (χ0) is 22.5. The highest BCUT2D eigenvalue weighted by Gasteiger charge is 2.26. The van der Waals surface area contributed by atoms with Gasteiger partial charge in [0.15, 0.2) is 0 Å². The summed E-state index contributed by atoms with van der Waals surface area (Å²) < 4.78 is 0. The van der Waals surface area contributed by atoms with Crippen LogP contribution in [0.25, 0.3) is 0 Å². The predicted octanol–water partition coefficient (Wildman–Crippen LogP) is -1.12. The summed E-state index contributed by atoms with van der Waals surface area (Å²) in [6.45, 7) is 1.43. The summed E-state index contributed by atoms with van der Waals surface area (Å²) in [7, 11) is 0. The van der Waals surface area contributed by atoms with Crippen LogP contribution >= 0.6 is 0 Å². The van der Waals surface area contributed by atoms with Gasteiger partial charge in [0.2, 0.25) is 17.7 Å². The molecular formula is C20H31N5O5. The highest BCUT2D eigenvalue weighted by Crippen LogP contribution is 2.04. The van der Waals surface area contributed by atoms with E-state index < -0.39 is 48.4 Å². The van der Waals surface area contributed by atoms with Crippen LogP contribution in [-0.4, -0.2) is 60.0 Å². The largest absolute Gasteiger partial charge is 0.480 e. The maximum Gasteiger partial charge on any atom is 0.322 e. The maximum atomic E-state index is 12.5. The van der Waals surface area contributed by atoms with Gasteiger partial charge in [-0.3, -0.25) is 19.2 Å². The van der Waals surface area contributed by atoms with E-state index in [1.165, 1.54) is 6.92 Å². The molecule has 0 saturated heterocycles. The van der Waals surface area contributed by atoms with Crippen molar-refractivity contribution in [2.75, 3.05) is 13.1 Å². The van der Waals surface area contributed by atoms with Crippen LogP contribution in [0, 0.1) is 0 Å². The summed E-state index contributed by atoms with van der Waals surface area (Å²) in [5.41, 5.74) is 12.0. The molecule has 10 nitrogen and oxygen atoms in total. The van der Waals surface area contributed by atoms with E-state index in [9.17, 15) is 19.2 Å². The molecule has 10 heteroatoms. The number of hydrogen-bond acceptors (Lipinski definition) is 6. The first-order valence-electron chi connectivity index (χ1n) is 9.84. The van der Waals surface area contributed by atoms with Crippen molar-refractivity contribution < 1.29 is 24.3 Å². The maximum absolute atomic E-state index is 12.5. The monoisotopic (exact) mass is 421 g/mol. The van der Waals surface area contributed by atoms with Gasteiger partial charge in [0.1, 0.15) is 18.6 Å². The molecule has 0 unspecified atom stereocenters. The van der Waals surface area contributed by atoms with Crippen molar-refractivity contribution in [2.45, 2.75) is 50.7 Å². The molecule has 1 aromatic carbocycles. The Morgan fingerprint density at radius 1 is 1.00 bits per heavy atom. The number of carboxylic acid groups (broad SMARTS) is 1. The van der Waals surface area contributed by atoms with Gasteiger partial charge in [-0.1, -0.05) is 36.8 Å². The molecule has 0 heterocycles. The average Bonchev–Trinajstić information content (AvgIpc) is 2.72. The van der Waals surface area contributed by atoms with E-state index in [0.29, 0.717) is 19.4 Å². The van der Waals surface area contributed by atoms with E-state index in [0.717, 1.165) is 12.0 Å². The number of carboxylic acids is 1. The van der Waals surface area contributed by atoms with Crippen LogP contribution in [-0.2, 0) is 25.6 Å². The molecule has 0 spiro atoms. The van der Waals surface area contributed by atoms with Gasteiger partial charge in [0.05, 0.1) is 6.04 Å². The lowest BCUT2D eigenvalue weighted by molar-refractivity contribution is -0.138. The van der Waals surface area contributed by atoms with E-state index in [1.54, 1.807) is 24.3 Å². The molecule has 8 N–H and O–H groups in total. The first kappa shape index (κ1) is 25.1. The van der Waals surface area contributed by atoms with Gasteiger partial charge in [-0.05, 0) is 31.9 Å². The fourth-order valence-corrected chi connectivity index (χ4v) is 2.67. The number of nitrogens with two attached hydrogens (primary N) is 2. The van der Waals surface area contributed by atoms with Crippen molar-refractivity contribution in [3.8, 4) is 0 Å². The van der Waals surface area contributed by atoms with Crippen LogP contribution in [0.1, 0.15) is 31.7 Å². The topological polar surface area (TPSA) is 177 Å². The van der Waals surface area contributed by atoms with Gasteiger partial charge in [-0.25, -0.2) is 0 Å². The first-order chi connectivity index (χ1) is 14.2. The van der Waals surface area contributed by atoms with Gasteiger partial charge in [-0.15, -0.1) is 0 Å². The summed E-state index contributed by atoms with van der Waals surface area (Å²) in [6, 6.07) is 6.28. The molecule has 3 amide bonds. The number of rotatable bonds is 13. The van der Waals surface area contributed by atoms with E-state index in [4.69, 9.17) is 16.6 Å². The van der Waals surface area contributed by atoms with Crippen molar-refractivity contribution in [3.63, 3.8) is 0 Å². The van der Waals surface area contributed by atoms with E-state index in [1.807, 2.05) is 6.07 Å². The second-order valence-electron chi connectivity index (χ2n) is 6.98. The molecule has 0 bridgehead atoms. The number of unbranched alkanes of at least 4 members (excludes halogenated alkanes) is 1. The molecule has 1 rings (SSSR count). The number of benzene rings is 1. The third-order valence-electron chi connectivity index (χ3n) is 4.39. The normalized spacial score (nSPS) is 13.6. The number of nitrogens with one attached hydrogen (secondary N) is 3. The van der Waals surface area contributed by atoms with Gasteiger partial charge in [0.25, 0.3) is 0 Å². The fraction of sp³-hybridized carbons (Fsp3) is 0.500. The summed E-state index contributed by atoms with van der Waals surface area (Å²) in [5.74, 6) is -2.88. The molecule has 1 aromatic rings. The lowest BCUT2D eigenvalue weighted by Gasteiger charge is -2.22. The molecule has 30 heavy (non-hydrogen) atoms. The highest BCUT2D eigenvalue weighted by atomic mass is 16.4. The van der Waals surface area contributed by atoms with Crippen LogP contribution in [0.3, 0.4) is 0 Å². The smallest absolute Gasteiger partial charge is 0.322 e. The van der Waals surface area contributed by atoms with Gasteiger partial charge in [0, 0.05) is 6.42 Å². The number of carbonyl (C=O) groups excluding carboxylic acids is 3. The Morgan fingerprint density at radius 3 is 2.27 bits per heavy atom. The Morgan fingerprint density at radius 2 is 1.67 bits per heavy atom. The summed E-state index contributed by atoms with van der Waals surface area (Å²) >= 11 is 0. The lowest BCUT2D eigenvalue weighted by atomic mass is 10.0. The van der Waals surface area contributed by atoms with Gasteiger partial charge in [-0.2, -0.15) is 0 Å². The van der Waals surface area contributed by atoms with E-state index in [2.05, 4.69) is 16.0 Å². The minimum Gasteiger partial charge on any atom is -0.480 e. The zero-order valence-corrected chi connectivity index (χ0v) is 17.1. The third-order valence-corrected chi connectivity index (χ3v) is 4.39. The van der Waals surface area contributed by atoms with Crippen LogP contribution < -0.4 is 27.4 Å². The Kier molecular flexibility index (Phi) is 11.1. The Balaban J connectivity index is 2.71. The molecular weight excluding hydrogens is 390 g/mol. The van der Waals surface area contributed by atoms with Crippen LogP contribution in [0.2, 0.25) is 0 Å². The lowest BCUT2D eigenvalue weighted by Crippen LogP contribution is -2.55. The number of carbonyl (C=O) groups is 4. The van der Waals surface area contributed by atoms with Gasteiger partial charge < -0.3 is 32.5 Å². The van der Waals surface area contributed by atoms with Crippen molar-refractivity contribution in [3.05, 3.63) is 35.9 Å². The molecule has 0 fully saturated rings. The Bertz CT molecular complexity index is 713. The third kappa shape index (κ3) is 9.48. The zero-order valence-electron chi connectivity index (χ0n) is 17.1.